The predicted molar refractivity (Wildman–Crippen MR) is 62.0 cm³/mol. The van der Waals surface area contributed by atoms with Crippen LogP contribution < -0.4 is 0 Å². The fourth-order valence-corrected chi connectivity index (χ4v) is 1.75. The normalized spacial score (nSPS) is 11.4. The molecule has 17 heavy (non-hydrogen) atoms. The standard InChI is InChI=1S/C11H10N2O3S/c1-8-2-3-9(6-12-8)11-5-4-10(7-13-11)17(14,15)16/h2-7H,1H3,(H,14,15,16). The van der Waals surface area contributed by atoms with E-state index in [9.17, 15) is 8.42 Å². The molecule has 0 unspecified atom stereocenters. The Hall–Kier alpha value is -1.79. The van der Waals surface area contributed by atoms with Crippen LogP contribution in [-0.4, -0.2) is 22.9 Å². The molecule has 0 aliphatic carbocycles. The van der Waals surface area contributed by atoms with E-state index in [0.29, 0.717) is 5.69 Å². The molecule has 2 heterocycles. The molecule has 0 spiro atoms. The minimum atomic E-state index is -4.19. The highest BCUT2D eigenvalue weighted by atomic mass is 32.2. The van der Waals surface area contributed by atoms with Gasteiger partial charge in [-0.1, -0.05) is 0 Å². The summed E-state index contributed by atoms with van der Waals surface area (Å²) in [5.74, 6) is 0. The third-order valence-electron chi connectivity index (χ3n) is 2.24. The van der Waals surface area contributed by atoms with Crippen molar-refractivity contribution < 1.29 is 13.0 Å². The zero-order valence-corrected chi connectivity index (χ0v) is 9.85. The van der Waals surface area contributed by atoms with Crippen molar-refractivity contribution in [2.45, 2.75) is 11.8 Å². The van der Waals surface area contributed by atoms with Crippen LogP contribution in [0, 0.1) is 6.92 Å². The Balaban J connectivity index is 2.39. The molecule has 1 N–H and O–H groups in total. The second-order valence-corrected chi connectivity index (χ2v) is 4.96. The molecule has 88 valence electrons. The molecule has 0 aliphatic rings. The molecule has 2 rings (SSSR count). The largest absolute Gasteiger partial charge is 0.296 e. The van der Waals surface area contributed by atoms with Crippen molar-refractivity contribution in [1.82, 2.24) is 9.97 Å². The molecule has 0 amide bonds. The Morgan fingerprint density at radius 3 is 2.29 bits per heavy atom. The maximum absolute atomic E-state index is 10.8. The van der Waals surface area contributed by atoms with Gasteiger partial charge in [-0.05, 0) is 31.2 Å². The van der Waals surface area contributed by atoms with Crippen molar-refractivity contribution in [3.63, 3.8) is 0 Å². The summed E-state index contributed by atoms with van der Waals surface area (Å²) in [6.45, 7) is 1.87. The number of rotatable bonds is 2. The highest BCUT2D eigenvalue weighted by Gasteiger charge is 2.09. The quantitative estimate of drug-likeness (QED) is 0.820. The summed E-state index contributed by atoms with van der Waals surface area (Å²) in [5, 5.41) is 0. The first kappa shape index (κ1) is 11.7. The first-order chi connectivity index (χ1) is 7.97. The third kappa shape index (κ3) is 2.66. The van der Waals surface area contributed by atoms with Crippen LogP contribution in [0.2, 0.25) is 0 Å². The lowest BCUT2D eigenvalue weighted by molar-refractivity contribution is 0.483. The van der Waals surface area contributed by atoms with Crippen molar-refractivity contribution in [3.05, 3.63) is 42.4 Å². The van der Waals surface area contributed by atoms with Crippen molar-refractivity contribution in [2.75, 3.05) is 0 Å². The van der Waals surface area contributed by atoms with E-state index in [1.54, 1.807) is 6.20 Å². The monoisotopic (exact) mass is 250 g/mol. The molecule has 0 saturated heterocycles. The van der Waals surface area contributed by atoms with Gasteiger partial charge >= 0.3 is 0 Å². The third-order valence-corrected chi connectivity index (χ3v) is 3.08. The highest BCUT2D eigenvalue weighted by Crippen LogP contribution is 2.17. The topological polar surface area (TPSA) is 80.2 Å². The highest BCUT2D eigenvalue weighted by molar-refractivity contribution is 7.85. The van der Waals surface area contributed by atoms with Gasteiger partial charge in [0.25, 0.3) is 10.1 Å². The first-order valence-electron chi connectivity index (χ1n) is 4.83. The zero-order valence-electron chi connectivity index (χ0n) is 9.03. The average Bonchev–Trinajstić information content (AvgIpc) is 2.29. The Morgan fingerprint density at radius 2 is 1.82 bits per heavy atom. The Morgan fingerprint density at radius 1 is 1.06 bits per heavy atom. The van der Waals surface area contributed by atoms with E-state index in [-0.39, 0.29) is 4.90 Å². The van der Waals surface area contributed by atoms with Crippen molar-refractivity contribution >= 4 is 10.1 Å². The predicted octanol–water partition coefficient (Wildman–Crippen LogP) is 1.70. The van der Waals surface area contributed by atoms with Gasteiger partial charge in [0.15, 0.2) is 0 Å². The van der Waals surface area contributed by atoms with Crippen LogP contribution >= 0.6 is 0 Å². The van der Waals surface area contributed by atoms with Gasteiger partial charge in [0.05, 0.1) is 5.69 Å². The molecule has 5 nitrogen and oxygen atoms in total. The van der Waals surface area contributed by atoms with E-state index in [0.717, 1.165) is 17.5 Å². The van der Waals surface area contributed by atoms with Crippen molar-refractivity contribution in [1.29, 1.82) is 0 Å². The van der Waals surface area contributed by atoms with Gasteiger partial charge in [0.2, 0.25) is 0 Å². The van der Waals surface area contributed by atoms with Crippen molar-refractivity contribution in [2.24, 2.45) is 0 Å². The summed E-state index contributed by atoms with van der Waals surface area (Å²) in [6, 6.07) is 6.51. The average molecular weight is 250 g/mol. The van der Waals surface area contributed by atoms with E-state index < -0.39 is 10.1 Å². The molecular formula is C11H10N2O3S. The van der Waals surface area contributed by atoms with Gasteiger partial charge < -0.3 is 0 Å². The summed E-state index contributed by atoms with van der Waals surface area (Å²) in [6.07, 6.45) is 2.77. The lowest BCUT2D eigenvalue weighted by atomic mass is 10.2. The molecular weight excluding hydrogens is 240 g/mol. The van der Waals surface area contributed by atoms with Crippen LogP contribution in [0.5, 0.6) is 0 Å². The second kappa shape index (κ2) is 4.23. The van der Waals surface area contributed by atoms with Gasteiger partial charge in [-0.15, -0.1) is 0 Å². The summed E-state index contributed by atoms with van der Waals surface area (Å²) in [4.78, 5) is 7.86. The van der Waals surface area contributed by atoms with Crippen LogP contribution in [0.15, 0.2) is 41.6 Å². The van der Waals surface area contributed by atoms with E-state index in [1.807, 2.05) is 19.1 Å². The van der Waals surface area contributed by atoms with Crippen LogP contribution in [0.3, 0.4) is 0 Å². The number of hydrogen-bond donors (Lipinski definition) is 1. The lowest BCUT2D eigenvalue weighted by Crippen LogP contribution is -1.98. The Bertz CT molecular complexity index is 619. The number of aromatic nitrogens is 2. The van der Waals surface area contributed by atoms with E-state index >= 15 is 0 Å². The summed E-state index contributed by atoms with van der Waals surface area (Å²) >= 11 is 0. The van der Waals surface area contributed by atoms with Crippen LogP contribution in [0.25, 0.3) is 11.3 Å². The number of hydrogen-bond acceptors (Lipinski definition) is 4. The second-order valence-electron chi connectivity index (χ2n) is 3.54. The fourth-order valence-electron chi connectivity index (χ4n) is 1.32. The van der Waals surface area contributed by atoms with Crippen molar-refractivity contribution in [3.8, 4) is 11.3 Å². The maximum Gasteiger partial charge on any atom is 0.296 e. The molecule has 0 fully saturated rings. The summed E-state index contributed by atoms with van der Waals surface area (Å²) < 4.78 is 30.5. The van der Waals surface area contributed by atoms with Gasteiger partial charge in [-0.25, -0.2) is 0 Å². The van der Waals surface area contributed by atoms with Gasteiger partial charge in [0, 0.05) is 23.7 Å². The first-order valence-corrected chi connectivity index (χ1v) is 6.27. The van der Waals surface area contributed by atoms with Crippen LogP contribution in [0.4, 0.5) is 0 Å². The number of aryl methyl sites for hydroxylation is 1. The molecule has 6 heteroatoms. The minimum absolute atomic E-state index is 0.221. The van der Waals surface area contributed by atoms with E-state index in [1.165, 1.54) is 12.1 Å². The molecule has 0 aliphatic heterocycles. The zero-order chi connectivity index (χ0) is 12.5. The van der Waals surface area contributed by atoms with Crippen LogP contribution in [-0.2, 0) is 10.1 Å². The molecule has 0 saturated carbocycles. The van der Waals surface area contributed by atoms with E-state index in [4.69, 9.17) is 4.55 Å². The number of nitrogens with zero attached hydrogens (tertiary/aromatic N) is 2. The maximum atomic E-state index is 10.8. The Kier molecular flexibility index (Phi) is 2.91. The molecule has 0 atom stereocenters. The SMILES string of the molecule is Cc1ccc(-c2ccc(S(=O)(=O)O)cn2)cn1. The summed E-state index contributed by atoms with van der Waals surface area (Å²) in [7, 11) is -4.19. The fraction of sp³-hybridized carbons (Fsp3) is 0.0909. The lowest BCUT2D eigenvalue weighted by Gasteiger charge is -2.01. The van der Waals surface area contributed by atoms with Gasteiger partial charge in [-0.3, -0.25) is 14.5 Å². The summed E-state index contributed by atoms with van der Waals surface area (Å²) in [5.41, 5.74) is 2.28. The van der Waals surface area contributed by atoms with Gasteiger partial charge in [-0.2, -0.15) is 8.42 Å². The molecule has 2 aromatic heterocycles. The van der Waals surface area contributed by atoms with Crippen LogP contribution in [0.1, 0.15) is 5.69 Å². The number of pyridine rings is 2. The van der Waals surface area contributed by atoms with Gasteiger partial charge in [0.1, 0.15) is 4.90 Å². The van der Waals surface area contributed by atoms with E-state index in [2.05, 4.69) is 9.97 Å². The molecule has 0 aromatic carbocycles. The minimum Gasteiger partial charge on any atom is -0.282 e. The molecule has 0 radical (unpaired) electrons. The molecule has 2 aromatic rings. The molecule has 0 bridgehead atoms. The Labute approximate surface area is 98.9 Å². The smallest absolute Gasteiger partial charge is 0.282 e.